The van der Waals surface area contributed by atoms with Gasteiger partial charge >= 0.3 is 0 Å². The molecule has 0 heterocycles. The Hall–Kier alpha value is 0.137. The third kappa shape index (κ3) is 6.26. The van der Waals surface area contributed by atoms with E-state index in [2.05, 4.69) is 32.3 Å². The highest BCUT2D eigenvalue weighted by molar-refractivity contribution is 6.54. The summed E-state index contributed by atoms with van der Waals surface area (Å²) in [6, 6.07) is 0.970. The molecular formula is C7H19NOSi. The topological polar surface area (TPSA) is 32.3 Å². The lowest BCUT2D eigenvalue weighted by molar-refractivity contribution is 0.316. The largest absolute Gasteiger partial charge is 0.397 e. The molecule has 0 aliphatic heterocycles. The van der Waals surface area contributed by atoms with Gasteiger partial charge in [-0.05, 0) is 26.8 Å². The second-order valence-electron chi connectivity index (χ2n) is 3.81. The second-order valence-corrected chi connectivity index (χ2v) is 6.48. The van der Waals surface area contributed by atoms with Gasteiger partial charge in [0.1, 0.15) is 8.96 Å². The lowest BCUT2D eigenvalue weighted by atomic mass is 10.1. The van der Waals surface area contributed by atoms with Crippen LogP contribution in [0.2, 0.25) is 12.6 Å². The zero-order valence-electron chi connectivity index (χ0n) is 7.44. The molecule has 0 aromatic carbocycles. The molecule has 62 valence electrons. The Labute approximate surface area is 65.3 Å². The summed E-state index contributed by atoms with van der Waals surface area (Å²) in [7, 11) is -0.827. The van der Waals surface area contributed by atoms with Gasteiger partial charge in [-0.3, -0.25) is 0 Å². The fourth-order valence-corrected chi connectivity index (χ4v) is 3.02. The normalized spacial score (nSPS) is 15.3. The number of hydrogen-bond donors (Lipinski definition) is 2. The molecule has 0 aromatic rings. The van der Waals surface area contributed by atoms with E-state index in [1.165, 1.54) is 0 Å². The molecule has 0 bridgehead atoms. The van der Waals surface area contributed by atoms with Crippen LogP contribution in [0.1, 0.15) is 20.8 Å². The van der Waals surface area contributed by atoms with E-state index in [1.807, 2.05) is 0 Å². The molecule has 0 saturated heterocycles. The zero-order valence-corrected chi connectivity index (χ0v) is 8.59. The first kappa shape index (κ1) is 10.1. The molecule has 0 spiro atoms. The molecule has 0 aromatic heterocycles. The van der Waals surface area contributed by atoms with Crippen LogP contribution in [0.5, 0.6) is 0 Å². The van der Waals surface area contributed by atoms with E-state index in [9.17, 15) is 0 Å². The maximum absolute atomic E-state index is 8.63. The fourth-order valence-electron chi connectivity index (χ4n) is 1.01. The summed E-state index contributed by atoms with van der Waals surface area (Å²) >= 11 is 0. The quantitative estimate of drug-likeness (QED) is 0.598. The van der Waals surface area contributed by atoms with Gasteiger partial charge in [-0.25, -0.2) is 0 Å². The van der Waals surface area contributed by atoms with Crippen LogP contribution in [-0.2, 0) is 0 Å². The van der Waals surface area contributed by atoms with Crippen LogP contribution in [-0.4, -0.2) is 26.2 Å². The Morgan fingerprint density at radius 2 is 1.90 bits per heavy atom. The van der Waals surface area contributed by atoms with E-state index in [1.54, 1.807) is 0 Å². The molecule has 10 heavy (non-hydrogen) atoms. The Morgan fingerprint density at radius 3 is 2.20 bits per heavy atom. The molecule has 0 fully saturated rings. The van der Waals surface area contributed by atoms with Gasteiger partial charge in [0.15, 0.2) is 0 Å². The lowest BCUT2D eigenvalue weighted by Gasteiger charge is -2.24. The van der Waals surface area contributed by atoms with Gasteiger partial charge in [0.25, 0.3) is 0 Å². The van der Waals surface area contributed by atoms with Gasteiger partial charge in [-0.1, -0.05) is 6.55 Å². The predicted molar refractivity (Wildman–Crippen MR) is 47.8 cm³/mol. The Bertz CT molecular complexity index is 90.1. The van der Waals surface area contributed by atoms with Crippen molar-refractivity contribution in [2.24, 2.45) is 0 Å². The van der Waals surface area contributed by atoms with Crippen molar-refractivity contribution in [3.63, 3.8) is 0 Å². The first-order valence-corrected chi connectivity index (χ1v) is 6.39. The smallest absolute Gasteiger partial charge is 0.108 e. The van der Waals surface area contributed by atoms with E-state index in [4.69, 9.17) is 5.11 Å². The molecule has 3 heteroatoms. The Kier molecular flexibility index (Phi) is 4.16. The number of rotatable bonds is 3. The van der Waals surface area contributed by atoms with Crippen molar-refractivity contribution in [3.8, 4) is 0 Å². The van der Waals surface area contributed by atoms with Crippen molar-refractivity contribution >= 4 is 8.96 Å². The average Bonchev–Trinajstić information content (AvgIpc) is 1.59. The summed E-state index contributed by atoms with van der Waals surface area (Å²) in [5, 5.41) is 8.63. The highest BCUT2D eigenvalue weighted by atomic mass is 28.3. The highest BCUT2D eigenvalue weighted by Gasteiger charge is 2.13. The third-order valence-electron chi connectivity index (χ3n) is 1.24. The fraction of sp³-hybridized carbons (Fsp3) is 1.00. The minimum absolute atomic E-state index is 0.223. The van der Waals surface area contributed by atoms with Gasteiger partial charge in [-0.15, -0.1) is 0 Å². The summed E-state index contributed by atoms with van der Waals surface area (Å²) in [6.45, 7) is 9.04. The molecule has 0 radical (unpaired) electrons. The maximum Gasteiger partial charge on any atom is 0.108 e. The van der Waals surface area contributed by atoms with Crippen molar-refractivity contribution in [1.82, 2.24) is 4.98 Å². The van der Waals surface area contributed by atoms with E-state index in [0.29, 0.717) is 6.61 Å². The molecule has 2 N–H and O–H groups in total. The number of aliphatic hydroxyl groups excluding tert-OH is 1. The zero-order chi connectivity index (χ0) is 8.20. The standard InChI is InChI=1S/C7H19NOSi/c1-7(2,3)8-10(4)6-5-9/h8-10H,5-6H2,1-4H3. The van der Waals surface area contributed by atoms with Crippen LogP contribution < -0.4 is 4.98 Å². The lowest BCUT2D eigenvalue weighted by Crippen LogP contribution is -2.45. The third-order valence-corrected chi connectivity index (χ3v) is 3.72. The van der Waals surface area contributed by atoms with Crippen LogP contribution in [0, 0.1) is 0 Å². The van der Waals surface area contributed by atoms with Crippen LogP contribution in [0.15, 0.2) is 0 Å². The van der Waals surface area contributed by atoms with Crippen molar-refractivity contribution in [2.45, 2.75) is 38.9 Å². The second kappa shape index (κ2) is 4.11. The molecule has 1 unspecified atom stereocenters. The van der Waals surface area contributed by atoms with Crippen LogP contribution in [0.25, 0.3) is 0 Å². The summed E-state index contributed by atoms with van der Waals surface area (Å²) in [5.41, 5.74) is 0.223. The molecule has 0 aliphatic carbocycles. The molecule has 0 saturated carbocycles. The van der Waals surface area contributed by atoms with Crippen molar-refractivity contribution in [2.75, 3.05) is 6.61 Å². The summed E-state index contributed by atoms with van der Waals surface area (Å²) in [5.74, 6) is 0. The Balaban J connectivity index is 3.47. The summed E-state index contributed by atoms with van der Waals surface area (Å²) in [6.07, 6.45) is 0. The van der Waals surface area contributed by atoms with Crippen molar-refractivity contribution in [1.29, 1.82) is 0 Å². The van der Waals surface area contributed by atoms with Gasteiger partial charge < -0.3 is 10.1 Å². The van der Waals surface area contributed by atoms with Gasteiger partial charge in [0.05, 0.1) is 0 Å². The molecule has 0 aliphatic rings. The molecular weight excluding hydrogens is 142 g/mol. The first-order valence-electron chi connectivity index (χ1n) is 3.84. The monoisotopic (exact) mass is 161 g/mol. The summed E-state index contributed by atoms with van der Waals surface area (Å²) < 4.78 is 0. The molecule has 2 nitrogen and oxygen atoms in total. The minimum atomic E-state index is -0.827. The highest BCUT2D eigenvalue weighted by Crippen LogP contribution is 2.00. The SMILES string of the molecule is C[SiH](CCO)NC(C)(C)C. The van der Waals surface area contributed by atoms with Crippen molar-refractivity contribution in [3.05, 3.63) is 0 Å². The van der Waals surface area contributed by atoms with Crippen LogP contribution in [0.3, 0.4) is 0 Å². The Morgan fingerprint density at radius 1 is 1.40 bits per heavy atom. The molecule has 0 amide bonds. The minimum Gasteiger partial charge on any atom is -0.397 e. The number of nitrogens with one attached hydrogen (secondary N) is 1. The molecule has 0 rings (SSSR count). The summed E-state index contributed by atoms with van der Waals surface area (Å²) in [4.78, 5) is 3.50. The first-order chi connectivity index (χ1) is 4.45. The predicted octanol–water partition coefficient (Wildman–Crippen LogP) is 0.720. The van der Waals surface area contributed by atoms with Crippen LogP contribution in [0.4, 0.5) is 0 Å². The van der Waals surface area contributed by atoms with Gasteiger partial charge in [-0.2, -0.15) is 0 Å². The van der Waals surface area contributed by atoms with Crippen LogP contribution >= 0.6 is 0 Å². The van der Waals surface area contributed by atoms with E-state index in [-0.39, 0.29) is 5.54 Å². The maximum atomic E-state index is 8.63. The van der Waals surface area contributed by atoms with E-state index >= 15 is 0 Å². The van der Waals surface area contributed by atoms with Gasteiger partial charge in [0, 0.05) is 12.1 Å². The van der Waals surface area contributed by atoms with E-state index < -0.39 is 8.96 Å². The number of aliphatic hydroxyl groups is 1. The molecule has 1 atom stereocenters. The van der Waals surface area contributed by atoms with E-state index in [0.717, 1.165) is 6.04 Å². The number of hydrogen-bond acceptors (Lipinski definition) is 2. The van der Waals surface area contributed by atoms with Crippen molar-refractivity contribution < 1.29 is 5.11 Å². The van der Waals surface area contributed by atoms with Gasteiger partial charge in [0.2, 0.25) is 0 Å². The average molecular weight is 161 g/mol.